The summed E-state index contributed by atoms with van der Waals surface area (Å²) >= 11 is 5.72. The van der Waals surface area contributed by atoms with Crippen LogP contribution in [0.25, 0.3) is 0 Å². The van der Waals surface area contributed by atoms with Crippen LogP contribution >= 0.6 is 11.6 Å². The molecule has 0 atom stereocenters. The molecule has 1 aromatic carbocycles. The first kappa shape index (κ1) is 11.3. The van der Waals surface area contributed by atoms with E-state index in [1.807, 2.05) is 0 Å². The zero-order valence-electron chi connectivity index (χ0n) is 8.87. The third kappa shape index (κ3) is 2.89. The van der Waals surface area contributed by atoms with Crippen molar-refractivity contribution in [3.63, 3.8) is 0 Å². The molecule has 0 aliphatic heterocycles. The Bertz CT molecular complexity index is 402. The van der Waals surface area contributed by atoms with Gasteiger partial charge in [0.1, 0.15) is 5.75 Å². The summed E-state index contributed by atoms with van der Waals surface area (Å²) in [5.74, 6) is 0.669. The third-order valence-electron chi connectivity index (χ3n) is 2.74. The first-order valence-corrected chi connectivity index (χ1v) is 5.81. The molecule has 1 fully saturated rings. The molecule has 0 unspecified atom stereocenters. The van der Waals surface area contributed by atoms with Gasteiger partial charge in [-0.3, -0.25) is 4.79 Å². The van der Waals surface area contributed by atoms with E-state index >= 15 is 0 Å². The lowest BCUT2D eigenvalue weighted by atomic mass is 10.2. The number of aromatic hydroxyl groups is 1. The number of phenolic OH excluding ortho intramolecular Hbond substituents is 1. The van der Waals surface area contributed by atoms with E-state index in [-0.39, 0.29) is 16.7 Å². The monoisotopic (exact) mass is 239 g/mol. The predicted octanol–water partition coefficient (Wildman–Crippen LogP) is 2.58. The van der Waals surface area contributed by atoms with Gasteiger partial charge in [-0.25, -0.2) is 0 Å². The van der Waals surface area contributed by atoms with Crippen LogP contribution in [-0.4, -0.2) is 17.6 Å². The number of halogens is 1. The Kier molecular flexibility index (Phi) is 3.34. The minimum atomic E-state index is -0.137. The van der Waals surface area contributed by atoms with Gasteiger partial charge < -0.3 is 10.4 Å². The summed E-state index contributed by atoms with van der Waals surface area (Å²) in [6.07, 6.45) is 3.64. The molecule has 0 radical (unpaired) electrons. The molecule has 1 aliphatic rings. The summed E-state index contributed by atoms with van der Waals surface area (Å²) in [5.41, 5.74) is 0.485. The van der Waals surface area contributed by atoms with Gasteiger partial charge in [-0.1, -0.05) is 24.4 Å². The first-order valence-electron chi connectivity index (χ1n) is 5.43. The minimum absolute atomic E-state index is 0.00352. The van der Waals surface area contributed by atoms with Gasteiger partial charge in [0.15, 0.2) is 0 Å². The average molecular weight is 240 g/mol. The van der Waals surface area contributed by atoms with Crippen LogP contribution in [0, 0.1) is 5.92 Å². The normalized spacial score (nSPS) is 14.8. The lowest BCUT2D eigenvalue weighted by Crippen LogP contribution is -2.24. The number of nitrogens with one attached hydrogen (secondary N) is 1. The highest BCUT2D eigenvalue weighted by molar-refractivity contribution is 6.32. The van der Waals surface area contributed by atoms with E-state index in [4.69, 9.17) is 11.6 Å². The molecule has 0 bridgehead atoms. The SMILES string of the molecule is O=C(NCCC1CC1)c1ccc(O)c(Cl)c1. The Labute approximate surface area is 99.4 Å². The molecule has 2 N–H and O–H groups in total. The Morgan fingerprint density at radius 3 is 2.88 bits per heavy atom. The van der Waals surface area contributed by atoms with Crippen molar-refractivity contribution in [2.75, 3.05) is 6.54 Å². The van der Waals surface area contributed by atoms with E-state index < -0.39 is 0 Å². The molecule has 16 heavy (non-hydrogen) atoms. The average Bonchev–Trinajstić information content (AvgIpc) is 3.06. The molecule has 3 nitrogen and oxygen atoms in total. The summed E-state index contributed by atoms with van der Waals surface area (Å²) in [6.45, 7) is 0.710. The van der Waals surface area contributed by atoms with E-state index in [2.05, 4.69) is 5.32 Å². The molecule has 1 amide bonds. The van der Waals surface area contributed by atoms with Crippen LogP contribution < -0.4 is 5.32 Å². The molecular weight excluding hydrogens is 226 g/mol. The van der Waals surface area contributed by atoms with Crippen molar-refractivity contribution in [1.29, 1.82) is 0 Å². The standard InChI is InChI=1S/C12H14ClNO2/c13-10-7-9(3-4-11(10)15)12(16)14-6-5-8-1-2-8/h3-4,7-8,15H,1-2,5-6H2,(H,14,16). The number of rotatable bonds is 4. The molecule has 0 heterocycles. The van der Waals surface area contributed by atoms with Gasteiger partial charge in [-0.15, -0.1) is 0 Å². The number of hydrogen-bond donors (Lipinski definition) is 2. The minimum Gasteiger partial charge on any atom is -0.506 e. The maximum atomic E-state index is 11.7. The van der Waals surface area contributed by atoms with Gasteiger partial charge in [0.25, 0.3) is 5.91 Å². The molecule has 1 saturated carbocycles. The lowest BCUT2D eigenvalue weighted by Gasteiger charge is -2.05. The van der Waals surface area contributed by atoms with Gasteiger partial charge in [-0.2, -0.15) is 0 Å². The molecule has 0 saturated heterocycles. The fourth-order valence-corrected chi connectivity index (χ4v) is 1.73. The van der Waals surface area contributed by atoms with Crippen LogP contribution in [0.4, 0.5) is 0 Å². The number of carbonyl (C=O) groups is 1. The first-order chi connectivity index (χ1) is 7.66. The third-order valence-corrected chi connectivity index (χ3v) is 3.05. The van der Waals surface area contributed by atoms with Crippen LogP contribution in [0.1, 0.15) is 29.6 Å². The quantitative estimate of drug-likeness (QED) is 0.849. The van der Waals surface area contributed by atoms with Crippen LogP contribution in [-0.2, 0) is 0 Å². The van der Waals surface area contributed by atoms with Crippen molar-refractivity contribution < 1.29 is 9.90 Å². The van der Waals surface area contributed by atoms with Crippen LogP contribution in [0.3, 0.4) is 0 Å². The number of benzene rings is 1. The highest BCUT2D eigenvalue weighted by Gasteiger charge is 2.20. The van der Waals surface area contributed by atoms with Gasteiger partial charge in [0.05, 0.1) is 5.02 Å². The fraction of sp³-hybridized carbons (Fsp3) is 0.417. The Morgan fingerprint density at radius 2 is 2.25 bits per heavy atom. The fourth-order valence-electron chi connectivity index (χ4n) is 1.55. The zero-order chi connectivity index (χ0) is 11.5. The molecular formula is C12H14ClNO2. The molecule has 4 heteroatoms. The summed E-state index contributed by atoms with van der Waals surface area (Å²) in [7, 11) is 0. The number of carbonyl (C=O) groups excluding carboxylic acids is 1. The summed E-state index contributed by atoms with van der Waals surface area (Å²) < 4.78 is 0. The number of amides is 1. The molecule has 86 valence electrons. The maximum Gasteiger partial charge on any atom is 0.251 e. The van der Waals surface area contributed by atoms with E-state index in [0.717, 1.165) is 12.3 Å². The number of phenols is 1. The topological polar surface area (TPSA) is 49.3 Å². The second-order valence-corrected chi connectivity index (χ2v) is 4.56. The van der Waals surface area contributed by atoms with Gasteiger partial charge in [0, 0.05) is 12.1 Å². The molecule has 0 spiro atoms. The van der Waals surface area contributed by atoms with Crippen LogP contribution in [0.15, 0.2) is 18.2 Å². The summed E-state index contributed by atoms with van der Waals surface area (Å²) in [5, 5.41) is 12.3. The van der Waals surface area contributed by atoms with Gasteiger partial charge in [-0.05, 0) is 30.5 Å². The highest BCUT2D eigenvalue weighted by atomic mass is 35.5. The van der Waals surface area contributed by atoms with Crippen LogP contribution in [0.5, 0.6) is 5.75 Å². The maximum absolute atomic E-state index is 11.7. The molecule has 1 aromatic rings. The highest BCUT2D eigenvalue weighted by Crippen LogP contribution is 2.31. The Morgan fingerprint density at radius 1 is 1.50 bits per heavy atom. The smallest absolute Gasteiger partial charge is 0.251 e. The summed E-state index contributed by atoms with van der Waals surface area (Å²) in [4.78, 5) is 11.7. The second-order valence-electron chi connectivity index (χ2n) is 4.15. The van der Waals surface area contributed by atoms with Crippen molar-refractivity contribution in [3.05, 3.63) is 28.8 Å². The van der Waals surface area contributed by atoms with Crippen molar-refractivity contribution in [3.8, 4) is 5.75 Å². The van der Waals surface area contributed by atoms with Crippen molar-refractivity contribution in [2.45, 2.75) is 19.3 Å². The van der Waals surface area contributed by atoms with Gasteiger partial charge in [0.2, 0.25) is 0 Å². The van der Waals surface area contributed by atoms with E-state index in [1.165, 1.54) is 25.0 Å². The van der Waals surface area contributed by atoms with E-state index in [0.29, 0.717) is 12.1 Å². The van der Waals surface area contributed by atoms with Crippen LogP contribution in [0.2, 0.25) is 5.02 Å². The van der Waals surface area contributed by atoms with E-state index in [1.54, 1.807) is 6.07 Å². The molecule has 2 rings (SSSR count). The van der Waals surface area contributed by atoms with Crippen molar-refractivity contribution in [2.24, 2.45) is 5.92 Å². The second kappa shape index (κ2) is 4.74. The van der Waals surface area contributed by atoms with Crippen molar-refractivity contribution in [1.82, 2.24) is 5.32 Å². The Hall–Kier alpha value is -1.22. The zero-order valence-corrected chi connectivity index (χ0v) is 9.63. The summed E-state index contributed by atoms with van der Waals surface area (Å²) in [6, 6.07) is 4.47. The largest absolute Gasteiger partial charge is 0.506 e. The predicted molar refractivity (Wildman–Crippen MR) is 62.8 cm³/mol. The molecule has 1 aliphatic carbocycles. The van der Waals surface area contributed by atoms with E-state index in [9.17, 15) is 9.90 Å². The van der Waals surface area contributed by atoms with Gasteiger partial charge >= 0.3 is 0 Å². The Balaban J connectivity index is 1.88. The lowest BCUT2D eigenvalue weighted by molar-refractivity contribution is 0.0952. The van der Waals surface area contributed by atoms with Crippen molar-refractivity contribution >= 4 is 17.5 Å². The molecule has 0 aromatic heterocycles. The number of hydrogen-bond acceptors (Lipinski definition) is 2.